The van der Waals surface area contributed by atoms with Gasteiger partial charge in [-0.3, -0.25) is 0 Å². The molecule has 0 radical (unpaired) electrons. The highest BCUT2D eigenvalue weighted by atomic mass is 32.1. The molecule has 2 aliphatic rings. The van der Waals surface area contributed by atoms with Gasteiger partial charge in [-0.25, -0.2) is 0 Å². The lowest BCUT2D eigenvalue weighted by molar-refractivity contribution is 1.17. The molecule has 0 amide bonds. The van der Waals surface area contributed by atoms with E-state index in [1.165, 1.54) is 70.7 Å². The average molecular weight is 545 g/mol. The number of hydrogen-bond donors (Lipinski definition) is 0. The molecule has 0 saturated carbocycles. The van der Waals surface area contributed by atoms with Crippen molar-refractivity contribution in [2.75, 3.05) is 9.80 Å². The van der Waals surface area contributed by atoms with Crippen molar-refractivity contribution in [1.82, 2.24) is 0 Å². The molecular formula is C37H29BN2S. The summed E-state index contributed by atoms with van der Waals surface area (Å²) in [6.07, 6.45) is 7.79. The number of thiophene rings is 1. The molecule has 0 spiro atoms. The molecule has 4 heteroatoms. The second-order valence-electron chi connectivity index (χ2n) is 10.7. The molecular weight excluding hydrogens is 515 g/mol. The van der Waals surface area contributed by atoms with Crippen molar-refractivity contribution in [3.63, 3.8) is 0 Å². The van der Waals surface area contributed by atoms with Crippen LogP contribution in [0.15, 0.2) is 133 Å². The van der Waals surface area contributed by atoms with Crippen LogP contribution in [0.1, 0.15) is 20.3 Å². The van der Waals surface area contributed by atoms with Crippen molar-refractivity contribution in [1.29, 1.82) is 0 Å². The molecule has 0 unspecified atom stereocenters. The molecule has 3 heterocycles. The van der Waals surface area contributed by atoms with Gasteiger partial charge in [0.1, 0.15) is 0 Å². The predicted molar refractivity (Wildman–Crippen MR) is 180 cm³/mol. The smallest absolute Gasteiger partial charge is 0.252 e. The molecule has 2 nitrogen and oxygen atoms in total. The average Bonchev–Trinajstić information content (AvgIpc) is 3.39. The van der Waals surface area contributed by atoms with Crippen LogP contribution in [0, 0.1) is 0 Å². The maximum absolute atomic E-state index is 2.50. The monoisotopic (exact) mass is 544 g/mol. The summed E-state index contributed by atoms with van der Waals surface area (Å²) in [5.41, 5.74) is 11.5. The van der Waals surface area contributed by atoms with E-state index >= 15 is 0 Å². The Morgan fingerprint density at radius 1 is 0.707 bits per heavy atom. The number of nitrogens with zero attached hydrogens (tertiary/aromatic N) is 2. The normalized spacial score (nSPS) is 14.1. The molecule has 0 saturated heterocycles. The Kier molecular flexibility index (Phi) is 5.65. The summed E-state index contributed by atoms with van der Waals surface area (Å²) >= 11 is 1.89. The second kappa shape index (κ2) is 9.54. The van der Waals surface area contributed by atoms with Gasteiger partial charge in [0.15, 0.2) is 0 Å². The third-order valence-electron chi connectivity index (χ3n) is 8.49. The van der Waals surface area contributed by atoms with E-state index in [0.717, 1.165) is 6.42 Å². The zero-order valence-corrected chi connectivity index (χ0v) is 24.0. The molecule has 0 atom stereocenters. The van der Waals surface area contributed by atoms with Crippen molar-refractivity contribution in [3.8, 4) is 0 Å². The van der Waals surface area contributed by atoms with Gasteiger partial charge in [0.05, 0.1) is 0 Å². The zero-order valence-electron chi connectivity index (χ0n) is 23.2. The van der Waals surface area contributed by atoms with Crippen molar-refractivity contribution in [2.45, 2.75) is 20.3 Å². The van der Waals surface area contributed by atoms with Crippen LogP contribution >= 0.6 is 11.3 Å². The lowest BCUT2D eigenvalue weighted by Gasteiger charge is -2.44. The van der Waals surface area contributed by atoms with Crippen LogP contribution in [0.3, 0.4) is 0 Å². The fourth-order valence-electron chi connectivity index (χ4n) is 6.77. The van der Waals surface area contributed by atoms with Crippen molar-refractivity contribution in [2.24, 2.45) is 0 Å². The summed E-state index contributed by atoms with van der Waals surface area (Å²) in [4.78, 5) is 4.95. The minimum absolute atomic E-state index is 0.139. The van der Waals surface area contributed by atoms with Gasteiger partial charge in [0.2, 0.25) is 0 Å². The molecule has 2 aliphatic heterocycles. The molecule has 0 fully saturated rings. The molecule has 1 aromatic heterocycles. The largest absolute Gasteiger partial charge is 0.312 e. The van der Waals surface area contributed by atoms with E-state index in [4.69, 9.17) is 0 Å². The van der Waals surface area contributed by atoms with E-state index in [-0.39, 0.29) is 6.71 Å². The van der Waals surface area contributed by atoms with E-state index in [9.17, 15) is 0 Å². The summed E-state index contributed by atoms with van der Waals surface area (Å²) in [6, 6.07) is 40.4. The van der Waals surface area contributed by atoms with Gasteiger partial charge in [0.25, 0.3) is 6.71 Å². The van der Waals surface area contributed by atoms with Crippen LogP contribution in [0.4, 0.5) is 28.4 Å². The maximum Gasteiger partial charge on any atom is 0.252 e. The van der Waals surface area contributed by atoms with Crippen molar-refractivity contribution in [3.05, 3.63) is 133 Å². The molecule has 8 rings (SSSR count). The summed E-state index contributed by atoms with van der Waals surface area (Å²) in [5, 5.41) is 2.69. The number of hydrogen-bond acceptors (Lipinski definition) is 3. The summed E-state index contributed by atoms with van der Waals surface area (Å²) in [7, 11) is 0. The standard InChI is InChI=1S/C37H29BN2S/c1-3-5-14-25(4-2)39-32-20-13-21-33-37(32)38(29-18-10-11-19-31(29)40(33)26-15-7-6-8-16-26)30-23-28-27-17-9-12-22-35(27)41-36(28)24-34(30)39/h4-24H,3H2,1-2H3/b14-5-,25-4+. The number of anilines is 5. The van der Waals surface area contributed by atoms with Crippen LogP contribution in [0.2, 0.25) is 0 Å². The van der Waals surface area contributed by atoms with Crippen LogP contribution in [0.5, 0.6) is 0 Å². The first-order valence-electron chi connectivity index (χ1n) is 14.4. The first-order valence-corrected chi connectivity index (χ1v) is 15.2. The first kappa shape index (κ1) is 24.3. The predicted octanol–water partition coefficient (Wildman–Crippen LogP) is 8.68. The Morgan fingerprint density at radius 3 is 2.32 bits per heavy atom. The number of para-hydroxylation sites is 2. The Bertz CT molecular complexity index is 2020. The maximum atomic E-state index is 2.50. The Hall–Kier alpha value is -4.54. The Labute approximate surface area is 245 Å². The number of allylic oxidation sites excluding steroid dienone is 3. The molecule has 196 valence electrons. The van der Waals surface area contributed by atoms with Gasteiger partial charge in [-0.2, -0.15) is 0 Å². The van der Waals surface area contributed by atoms with Crippen LogP contribution in [-0.2, 0) is 0 Å². The van der Waals surface area contributed by atoms with E-state index in [1.807, 2.05) is 11.3 Å². The lowest BCUT2D eigenvalue weighted by atomic mass is 9.33. The fourth-order valence-corrected chi connectivity index (χ4v) is 7.90. The first-order chi connectivity index (χ1) is 20.3. The topological polar surface area (TPSA) is 6.48 Å². The van der Waals surface area contributed by atoms with E-state index < -0.39 is 0 Å². The Balaban J connectivity index is 1.49. The Morgan fingerprint density at radius 2 is 1.46 bits per heavy atom. The van der Waals surface area contributed by atoms with E-state index in [2.05, 4.69) is 151 Å². The van der Waals surface area contributed by atoms with Crippen molar-refractivity contribution < 1.29 is 0 Å². The lowest BCUT2D eigenvalue weighted by Crippen LogP contribution is -2.61. The van der Waals surface area contributed by atoms with Crippen molar-refractivity contribution >= 4 is 83.0 Å². The van der Waals surface area contributed by atoms with Gasteiger partial charge in [-0.15, -0.1) is 11.3 Å². The molecule has 41 heavy (non-hydrogen) atoms. The van der Waals surface area contributed by atoms with Crippen LogP contribution in [-0.4, -0.2) is 6.71 Å². The summed E-state index contributed by atoms with van der Waals surface area (Å²) in [6.45, 7) is 4.49. The summed E-state index contributed by atoms with van der Waals surface area (Å²) < 4.78 is 2.67. The quantitative estimate of drug-likeness (QED) is 0.162. The van der Waals surface area contributed by atoms with Gasteiger partial charge in [-0.1, -0.05) is 85.8 Å². The summed E-state index contributed by atoms with van der Waals surface area (Å²) in [5.74, 6) is 0. The van der Waals surface area contributed by atoms with E-state index in [1.54, 1.807) is 0 Å². The molecule has 0 bridgehead atoms. The molecule has 0 aliphatic carbocycles. The zero-order chi connectivity index (χ0) is 27.5. The number of rotatable bonds is 4. The highest BCUT2D eigenvalue weighted by molar-refractivity contribution is 7.26. The van der Waals surface area contributed by atoms with E-state index in [0.29, 0.717) is 0 Å². The SMILES string of the molecule is C/C=C(\C=C/CC)N1c2cc3sc4ccccc4c3cc2B2c3ccccc3N(c3ccccc3)c3cccc1c32. The highest BCUT2D eigenvalue weighted by Gasteiger charge is 2.43. The van der Waals surface area contributed by atoms with Gasteiger partial charge >= 0.3 is 0 Å². The van der Waals surface area contributed by atoms with Gasteiger partial charge in [0, 0.05) is 48.9 Å². The third kappa shape index (κ3) is 3.57. The minimum Gasteiger partial charge on any atom is -0.312 e. The molecule has 0 N–H and O–H groups in total. The highest BCUT2D eigenvalue weighted by Crippen LogP contribution is 2.44. The third-order valence-corrected chi connectivity index (χ3v) is 9.62. The second-order valence-corrected chi connectivity index (χ2v) is 11.8. The molecule has 6 aromatic rings. The van der Waals surface area contributed by atoms with Gasteiger partial charge in [-0.05, 0) is 83.7 Å². The minimum atomic E-state index is 0.139. The number of fused-ring (bicyclic) bond motifs is 7. The van der Waals surface area contributed by atoms with Gasteiger partial charge < -0.3 is 9.80 Å². The molecule has 5 aromatic carbocycles. The number of benzene rings is 5. The van der Waals surface area contributed by atoms with Crippen LogP contribution < -0.4 is 26.2 Å². The van der Waals surface area contributed by atoms with Crippen LogP contribution in [0.25, 0.3) is 20.2 Å². The fraction of sp³-hybridized carbons (Fsp3) is 0.0811.